The van der Waals surface area contributed by atoms with Crippen LogP contribution in [0, 0.1) is 0 Å². The Morgan fingerprint density at radius 1 is 0.906 bits per heavy atom. The Bertz CT molecular complexity index is 1080. The van der Waals surface area contributed by atoms with Gasteiger partial charge in [0.25, 0.3) is 0 Å². The molecule has 0 saturated heterocycles. The van der Waals surface area contributed by atoms with Crippen molar-refractivity contribution in [3.63, 3.8) is 0 Å². The number of hydrogen-bond acceptors (Lipinski definition) is 6. The van der Waals surface area contributed by atoms with Gasteiger partial charge in [0.2, 0.25) is 0 Å². The summed E-state index contributed by atoms with van der Waals surface area (Å²) in [7, 11) is 0. The van der Waals surface area contributed by atoms with E-state index in [1.807, 2.05) is 24.3 Å². The maximum absolute atomic E-state index is 12.5. The topological polar surface area (TPSA) is 82.0 Å². The van der Waals surface area contributed by atoms with Gasteiger partial charge >= 0.3 is 5.97 Å². The van der Waals surface area contributed by atoms with Crippen LogP contribution in [0.2, 0.25) is 10.0 Å². The Balaban J connectivity index is 1.35. The van der Waals surface area contributed by atoms with Crippen molar-refractivity contribution in [3.8, 4) is 0 Å². The second-order valence-corrected chi connectivity index (χ2v) is 8.20. The Kier molecular flexibility index (Phi) is 6.98. The van der Waals surface area contributed by atoms with Crippen LogP contribution in [0.4, 0.5) is 11.4 Å². The average molecular weight is 473 g/mol. The van der Waals surface area contributed by atoms with E-state index in [2.05, 4.69) is 5.32 Å². The molecule has 0 aliphatic carbocycles. The van der Waals surface area contributed by atoms with Gasteiger partial charge in [-0.3, -0.25) is 4.79 Å². The van der Waals surface area contributed by atoms with Crippen LogP contribution in [-0.4, -0.2) is 34.2 Å². The summed E-state index contributed by atoms with van der Waals surface area (Å²) in [6, 6.07) is 19.7. The molecule has 0 aromatic heterocycles. The molecule has 0 amide bonds. The molecule has 1 aliphatic heterocycles. The van der Waals surface area contributed by atoms with E-state index in [0.717, 1.165) is 5.56 Å². The van der Waals surface area contributed by atoms with Gasteiger partial charge in [0.15, 0.2) is 0 Å². The van der Waals surface area contributed by atoms with Crippen LogP contribution in [0.3, 0.4) is 0 Å². The molecule has 3 aromatic carbocycles. The van der Waals surface area contributed by atoms with E-state index >= 15 is 0 Å². The molecular formula is C24H22Cl2N2O4. The molecule has 3 N–H and O–H groups in total. The van der Waals surface area contributed by atoms with E-state index in [1.165, 1.54) is 4.90 Å². The summed E-state index contributed by atoms with van der Waals surface area (Å²) >= 11 is 12.5. The fraction of sp³-hybridized carbons (Fsp3) is 0.208. The fourth-order valence-corrected chi connectivity index (χ4v) is 4.23. The van der Waals surface area contributed by atoms with Crippen molar-refractivity contribution in [2.24, 2.45) is 0 Å². The molecule has 0 spiro atoms. The quantitative estimate of drug-likeness (QED) is 0.427. The highest BCUT2D eigenvalue weighted by molar-refractivity contribution is 6.39. The molecule has 0 saturated carbocycles. The first-order chi connectivity index (χ1) is 15.5. The second-order valence-electron chi connectivity index (χ2n) is 7.39. The molecule has 6 nitrogen and oxygen atoms in total. The van der Waals surface area contributed by atoms with Crippen molar-refractivity contribution in [2.75, 3.05) is 18.5 Å². The number of carbonyl (C=O) groups is 1. The maximum Gasteiger partial charge on any atom is 0.310 e. The summed E-state index contributed by atoms with van der Waals surface area (Å²) in [6.45, 7) is 0.227. The number of nitrogens with zero attached hydrogens (tertiary/aromatic N) is 1. The fourth-order valence-electron chi connectivity index (χ4n) is 3.74. The number of esters is 1. The molecular weight excluding hydrogens is 451 g/mol. The smallest absolute Gasteiger partial charge is 0.310 e. The van der Waals surface area contributed by atoms with E-state index < -0.39 is 18.4 Å². The van der Waals surface area contributed by atoms with Crippen molar-refractivity contribution in [2.45, 2.75) is 18.9 Å². The summed E-state index contributed by atoms with van der Waals surface area (Å²) in [5, 5.41) is 25.0. The minimum absolute atomic E-state index is 0.0346. The third-order valence-electron chi connectivity index (χ3n) is 5.37. The zero-order valence-corrected chi connectivity index (χ0v) is 18.6. The predicted octanol–water partition coefficient (Wildman–Crippen LogP) is 4.82. The predicted molar refractivity (Wildman–Crippen MR) is 124 cm³/mol. The average Bonchev–Trinajstić information content (AvgIpc) is 3.02. The normalized spacial score (nSPS) is 17.8. The Hall–Kier alpha value is -2.61. The molecule has 1 aliphatic rings. The van der Waals surface area contributed by atoms with Gasteiger partial charge in [-0.2, -0.15) is 0 Å². The zero-order valence-electron chi connectivity index (χ0n) is 17.0. The van der Waals surface area contributed by atoms with Gasteiger partial charge in [-0.05, 0) is 23.8 Å². The number of para-hydroxylation sites is 2. The first-order valence-electron chi connectivity index (χ1n) is 10.1. The van der Waals surface area contributed by atoms with Crippen molar-refractivity contribution in [1.82, 2.24) is 4.90 Å². The Morgan fingerprint density at radius 2 is 1.50 bits per heavy atom. The molecule has 166 valence electrons. The van der Waals surface area contributed by atoms with E-state index in [9.17, 15) is 15.0 Å². The molecule has 32 heavy (non-hydrogen) atoms. The highest BCUT2D eigenvalue weighted by atomic mass is 35.5. The molecule has 0 radical (unpaired) electrons. The third-order valence-corrected chi connectivity index (χ3v) is 6.00. The number of anilines is 2. The number of benzene rings is 3. The molecule has 0 bridgehead atoms. The van der Waals surface area contributed by atoms with Gasteiger partial charge < -0.3 is 20.3 Å². The van der Waals surface area contributed by atoms with Crippen molar-refractivity contribution in [1.29, 1.82) is 0 Å². The first kappa shape index (κ1) is 22.6. The highest BCUT2D eigenvalue weighted by Crippen LogP contribution is 2.38. The number of fused-ring (bicyclic) bond motifs is 1. The van der Waals surface area contributed by atoms with E-state index in [4.69, 9.17) is 27.9 Å². The van der Waals surface area contributed by atoms with E-state index in [-0.39, 0.29) is 19.6 Å². The lowest BCUT2D eigenvalue weighted by atomic mass is 10.1. The first-order valence-corrected chi connectivity index (χ1v) is 10.9. The SMILES string of the molecule is O=C(Cc1ccccc1Nc1c(Cl)cccc1Cl)OCCN1C(O)c2ccccc2C1O. The standard InChI is InChI=1S/C24H22Cl2N2O4/c25-18-9-5-10-19(26)22(18)27-20-11-4-1-6-15(20)14-21(29)32-13-12-28-23(30)16-7-2-3-8-17(16)24(28)31/h1-11,23-24,27,30-31H,12-14H2. The van der Waals surface area contributed by atoms with Crippen molar-refractivity contribution < 1.29 is 19.7 Å². The van der Waals surface area contributed by atoms with Crippen LogP contribution < -0.4 is 5.32 Å². The minimum Gasteiger partial charge on any atom is -0.464 e. The molecule has 1 heterocycles. The summed E-state index contributed by atoms with van der Waals surface area (Å²) in [4.78, 5) is 13.9. The number of rotatable bonds is 7. The van der Waals surface area contributed by atoms with Crippen molar-refractivity contribution >= 4 is 40.5 Å². The summed E-state index contributed by atoms with van der Waals surface area (Å²) in [6.07, 6.45) is -1.84. The summed E-state index contributed by atoms with van der Waals surface area (Å²) in [5.74, 6) is -0.426. The summed E-state index contributed by atoms with van der Waals surface area (Å²) in [5.41, 5.74) is 3.30. The van der Waals surface area contributed by atoms with Gasteiger partial charge in [0.1, 0.15) is 19.1 Å². The van der Waals surface area contributed by atoms with Crippen LogP contribution >= 0.6 is 23.2 Å². The van der Waals surface area contributed by atoms with Crippen LogP contribution in [0.15, 0.2) is 66.7 Å². The lowest BCUT2D eigenvalue weighted by Crippen LogP contribution is -2.30. The number of ether oxygens (including phenoxy) is 1. The number of halogens is 2. The van der Waals surface area contributed by atoms with Gasteiger partial charge in [-0.15, -0.1) is 0 Å². The van der Waals surface area contributed by atoms with Gasteiger partial charge in [-0.25, -0.2) is 4.90 Å². The van der Waals surface area contributed by atoms with E-state index in [1.54, 1.807) is 42.5 Å². The molecule has 3 aromatic rings. The van der Waals surface area contributed by atoms with Crippen LogP contribution in [0.25, 0.3) is 0 Å². The number of nitrogens with one attached hydrogen (secondary N) is 1. The van der Waals surface area contributed by atoms with Crippen LogP contribution in [0.1, 0.15) is 29.1 Å². The van der Waals surface area contributed by atoms with Crippen LogP contribution in [0.5, 0.6) is 0 Å². The molecule has 2 unspecified atom stereocenters. The summed E-state index contributed by atoms with van der Waals surface area (Å²) < 4.78 is 5.37. The Morgan fingerprint density at radius 3 is 2.16 bits per heavy atom. The number of carbonyl (C=O) groups excluding carboxylic acids is 1. The molecule has 4 rings (SSSR count). The third kappa shape index (κ3) is 4.75. The zero-order chi connectivity index (χ0) is 22.7. The largest absolute Gasteiger partial charge is 0.464 e. The lowest BCUT2D eigenvalue weighted by Gasteiger charge is -2.23. The Labute approximate surface area is 196 Å². The number of hydrogen-bond donors (Lipinski definition) is 3. The van der Waals surface area contributed by atoms with Crippen molar-refractivity contribution in [3.05, 3.63) is 93.5 Å². The maximum atomic E-state index is 12.5. The molecule has 2 atom stereocenters. The molecule has 0 fully saturated rings. The number of aliphatic hydroxyl groups excluding tert-OH is 2. The minimum atomic E-state index is -0.940. The lowest BCUT2D eigenvalue weighted by molar-refractivity contribution is -0.146. The van der Waals surface area contributed by atoms with Gasteiger partial charge in [0, 0.05) is 23.4 Å². The number of aliphatic hydroxyl groups is 2. The molecule has 8 heteroatoms. The van der Waals surface area contributed by atoms with Gasteiger partial charge in [-0.1, -0.05) is 71.7 Å². The van der Waals surface area contributed by atoms with E-state index in [0.29, 0.717) is 32.5 Å². The highest BCUT2D eigenvalue weighted by Gasteiger charge is 2.35. The second kappa shape index (κ2) is 9.90. The van der Waals surface area contributed by atoms with Crippen LogP contribution in [-0.2, 0) is 16.0 Å². The monoisotopic (exact) mass is 472 g/mol. The van der Waals surface area contributed by atoms with Gasteiger partial charge in [0.05, 0.1) is 22.2 Å².